The van der Waals surface area contributed by atoms with Gasteiger partial charge in [-0.2, -0.15) is 5.26 Å². The van der Waals surface area contributed by atoms with Crippen molar-refractivity contribution in [2.24, 2.45) is 0 Å². The quantitative estimate of drug-likeness (QED) is 0.567. The molecule has 1 fully saturated rings. The van der Waals surface area contributed by atoms with Crippen LogP contribution in [0.25, 0.3) is 6.08 Å². The molecule has 1 atom stereocenters. The van der Waals surface area contributed by atoms with Crippen LogP contribution in [0.15, 0.2) is 22.2 Å². The van der Waals surface area contributed by atoms with Gasteiger partial charge in [0.1, 0.15) is 11.6 Å². The van der Waals surface area contributed by atoms with E-state index >= 15 is 0 Å². The first-order valence-electron chi connectivity index (χ1n) is 6.95. The molecule has 0 aromatic heterocycles. The Balaban J connectivity index is 2.22. The summed E-state index contributed by atoms with van der Waals surface area (Å²) in [6.07, 6.45) is 1.68. The summed E-state index contributed by atoms with van der Waals surface area (Å²) >= 11 is 3.16. The van der Waals surface area contributed by atoms with Gasteiger partial charge in [0.25, 0.3) is 5.91 Å². The highest BCUT2D eigenvalue weighted by atomic mass is 79.9. The van der Waals surface area contributed by atoms with E-state index in [1.54, 1.807) is 6.07 Å². The van der Waals surface area contributed by atoms with Crippen molar-refractivity contribution in [3.63, 3.8) is 0 Å². The molecule has 9 heteroatoms. The molecule has 1 aromatic rings. The fraction of sp³-hybridized carbons (Fsp3) is 0.333. The minimum atomic E-state index is -3.12. The van der Waals surface area contributed by atoms with Crippen molar-refractivity contribution in [1.29, 1.82) is 5.26 Å². The van der Waals surface area contributed by atoms with Crippen LogP contribution in [0, 0.1) is 11.3 Å². The van der Waals surface area contributed by atoms with Gasteiger partial charge in [0, 0.05) is 6.04 Å². The number of ether oxygens (including phenoxy) is 1. The topological polar surface area (TPSA) is 116 Å². The summed E-state index contributed by atoms with van der Waals surface area (Å²) in [5.74, 6) is -0.617. The maximum absolute atomic E-state index is 12.2. The van der Waals surface area contributed by atoms with E-state index in [1.807, 2.05) is 0 Å². The zero-order chi connectivity index (χ0) is 17.9. The average Bonchev–Trinajstić information content (AvgIpc) is 2.86. The van der Waals surface area contributed by atoms with E-state index in [-0.39, 0.29) is 28.6 Å². The van der Waals surface area contributed by atoms with Gasteiger partial charge < -0.3 is 15.2 Å². The van der Waals surface area contributed by atoms with Crippen molar-refractivity contribution in [3.8, 4) is 17.6 Å². The van der Waals surface area contributed by atoms with E-state index in [4.69, 9.17) is 4.74 Å². The molecule has 0 aliphatic carbocycles. The Kier molecular flexibility index (Phi) is 5.51. The number of nitrogens with one attached hydrogen (secondary N) is 1. The first-order chi connectivity index (χ1) is 11.3. The number of aromatic hydroxyl groups is 1. The van der Waals surface area contributed by atoms with E-state index in [2.05, 4.69) is 21.2 Å². The lowest BCUT2D eigenvalue weighted by molar-refractivity contribution is -0.117. The fourth-order valence-corrected chi connectivity index (χ4v) is 4.45. The zero-order valence-electron chi connectivity index (χ0n) is 12.7. The lowest BCUT2D eigenvalue weighted by atomic mass is 10.1. The number of hydrogen-bond donors (Lipinski definition) is 2. The Labute approximate surface area is 148 Å². The van der Waals surface area contributed by atoms with Crippen LogP contribution >= 0.6 is 15.9 Å². The molecule has 1 aromatic carbocycles. The molecule has 0 radical (unpaired) electrons. The van der Waals surface area contributed by atoms with Crippen LogP contribution in [0.4, 0.5) is 0 Å². The molecule has 128 valence electrons. The Morgan fingerprint density at radius 3 is 2.79 bits per heavy atom. The van der Waals surface area contributed by atoms with Crippen molar-refractivity contribution in [2.45, 2.75) is 12.5 Å². The number of benzene rings is 1. The van der Waals surface area contributed by atoms with E-state index in [9.17, 15) is 23.6 Å². The average molecular weight is 415 g/mol. The van der Waals surface area contributed by atoms with E-state index in [0.29, 0.717) is 16.5 Å². The second-order valence-corrected chi connectivity index (χ2v) is 8.38. The third-order valence-electron chi connectivity index (χ3n) is 3.51. The minimum absolute atomic E-state index is 0.0334. The predicted molar refractivity (Wildman–Crippen MR) is 91.2 cm³/mol. The van der Waals surface area contributed by atoms with Gasteiger partial charge in [-0.05, 0) is 46.1 Å². The molecule has 7 nitrogen and oxygen atoms in total. The van der Waals surface area contributed by atoms with Crippen molar-refractivity contribution < 1.29 is 23.1 Å². The number of sulfone groups is 1. The standard InChI is InChI=1S/C15H15BrN2O5S/c1-23-13-6-9(5-12(16)14(13)19)4-10(7-17)15(20)18-11-2-3-24(21,22)8-11/h4-6,11,19H,2-3,8H2,1H3,(H,18,20)/b10-4+/t11-/m1/s1. The lowest BCUT2D eigenvalue weighted by Crippen LogP contribution is -2.36. The number of rotatable bonds is 4. The SMILES string of the molecule is COc1cc(/C=C(\C#N)C(=O)N[C@@H]2CCS(=O)(=O)C2)cc(Br)c1O. The minimum Gasteiger partial charge on any atom is -0.503 e. The Morgan fingerprint density at radius 2 is 2.25 bits per heavy atom. The first kappa shape index (κ1) is 18.3. The van der Waals surface area contributed by atoms with Gasteiger partial charge in [-0.1, -0.05) is 0 Å². The molecular formula is C15H15BrN2O5S. The van der Waals surface area contributed by atoms with E-state index in [1.165, 1.54) is 25.3 Å². The molecule has 0 bridgehead atoms. The number of carbonyl (C=O) groups is 1. The van der Waals surface area contributed by atoms with Gasteiger partial charge in [-0.25, -0.2) is 8.42 Å². The smallest absolute Gasteiger partial charge is 0.262 e. The normalized spacial score (nSPS) is 19.5. The predicted octanol–water partition coefficient (Wildman–Crippen LogP) is 1.37. The number of phenolic OH excluding ortho intramolecular Hbond substituents is 1. The molecule has 2 N–H and O–H groups in total. The van der Waals surface area contributed by atoms with Gasteiger partial charge in [-0.3, -0.25) is 4.79 Å². The number of methoxy groups -OCH3 is 1. The van der Waals surface area contributed by atoms with Gasteiger partial charge in [0.2, 0.25) is 0 Å². The Bertz CT molecular complexity index is 842. The number of nitriles is 1. The number of carbonyl (C=O) groups excluding carboxylic acids is 1. The van der Waals surface area contributed by atoms with Crippen LogP contribution in [0.1, 0.15) is 12.0 Å². The third-order valence-corrected chi connectivity index (χ3v) is 5.89. The lowest BCUT2D eigenvalue weighted by Gasteiger charge is -2.10. The fourth-order valence-electron chi connectivity index (χ4n) is 2.32. The van der Waals surface area contributed by atoms with Crippen molar-refractivity contribution in [3.05, 3.63) is 27.7 Å². The van der Waals surface area contributed by atoms with E-state index in [0.717, 1.165) is 0 Å². The van der Waals surface area contributed by atoms with Crippen molar-refractivity contribution in [1.82, 2.24) is 5.32 Å². The summed E-state index contributed by atoms with van der Waals surface area (Å²) < 4.78 is 28.2. The monoisotopic (exact) mass is 414 g/mol. The van der Waals surface area contributed by atoms with Gasteiger partial charge in [-0.15, -0.1) is 0 Å². The second-order valence-electron chi connectivity index (χ2n) is 5.30. The summed E-state index contributed by atoms with van der Waals surface area (Å²) in [6.45, 7) is 0. The molecule has 2 rings (SSSR count). The number of phenols is 1. The van der Waals surface area contributed by atoms with Crippen molar-refractivity contribution >= 4 is 37.8 Å². The van der Waals surface area contributed by atoms with Crippen LogP contribution in [-0.2, 0) is 14.6 Å². The second kappa shape index (κ2) is 7.23. The molecule has 0 saturated carbocycles. The summed E-state index contributed by atoms with van der Waals surface area (Å²) in [5.41, 5.74) is 0.307. The summed E-state index contributed by atoms with van der Waals surface area (Å²) in [4.78, 5) is 12.2. The van der Waals surface area contributed by atoms with Gasteiger partial charge in [0.15, 0.2) is 21.3 Å². The highest BCUT2D eigenvalue weighted by molar-refractivity contribution is 9.10. The Hall–Kier alpha value is -2.05. The van der Waals surface area contributed by atoms with Crippen LogP contribution in [0.2, 0.25) is 0 Å². The van der Waals surface area contributed by atoms with Crippen LogP contribution < -0.4 is 10.1 Å². The summed E-state index contributed by atoms with van der Waals surface area (Å²) in [6, 6.07) is 4.32. The molecule has 0 spiro atoms. The molecule has 0 unspecified atom stereocenters. The number of halogens is 1. The third kappa shape index (κ3) is 4.27. The van der Waals surface area contributed by atoms with Crippen LogP contribution in [-0.4, -0.2) is 44.1 Å². The summed E-state index contributed by atoms with van der Waals surface area (Å²) in [7, 11) is -1.74. The maximum atomic E-state index is 12.2. The number of nitrogens with zero attached hydrogens (tertiary/aromatic N) is 1. The molecule has 1 aliphatic rings. The number of amides is 1. The molecule has 1 heterocycles. The summed E-state index contributed by atoms with van der Waals surface area (Å²) in [5, 5.41) is 21.5. The first-order valence-corrected chi connectivity index (χ1v) is 9.56. The number of hydrogen-bond acceptors (Lipinski definition) is 6. The van der Waals surface area contributed by atoms with Crippen molar-refractivity contribution in [2.75, 3.05) is 18.6 Å². The molecular weight excluding hydrogens is 400 g/mol. The highest BCUT2D eigenvalue weighted by Crippen LogP contribution is 2.35. The zero-order valence-corrected chi connectivity index (χ0v) is 15.1. The Morgan fingerprint density at radius 1 is 1.54 bits per heavy atom. The largest absolute Gasteiger partial charge is 0.503 e. The maximum Gasteiger partial charge on any atom is 0.262 e. The van der Waals surface area contributed by atoms with Gasteiger partial charge in [0.05, 0.1) is 23.1 Å². The van der Waals surface area contributed by atoms with Crippen LogP contribution in [0.3, 0.4) is 0 Å². The molecule has 1 saturated heterocycles. The molecule has 24 heavy (non-hydrogen) atoms. The van der Waals surface area contributed by atoms with Crippen LogP contribution in [0.5, 0.6) is 11.5 Å². The molecule has 1 amide bonds. The highest BCUT2D eigenvalue weighted by Gasteiger charge is 2.29. The van der Waals surface area contributed by atoms with E-state index < -0.39 is 21.8 Å². The van der Waals surface area contributed by atoms with Gasteiger partial charge >= 0.3 is 0 Å². The molecule has 1 aliphatic heterocycles.